The lowest BCUT2D eigenvalue weighted by molar-refractivity contribution is 0.753. The molecular weight excluding hydrogens is 342 g/mol. The van der Waals surface area contributed by atoms with Gasteiger partial charge in [0.1, 0.15) is 0 Å². The van der Waals surface area contributed by atoms with E-state index in [1.807, 2.05) is 36.4 Å². The predicted octanol–water partition coefficient (Wildman–Crippen LogP) is 3.18. The van der Waals surface area contributed by atoms with Crippen molar-refractivity contribution >= 4 is 32.8 Å². The molecule has 5 heteroatoms. The molecule has 4 nitrogen and oxygen atoms in total. The van der Waals surface area contributed by atoms with Crippen LogP contribution in [0, 0.1) is 0 Å². The van der Waals surface area contributed by atoms with Crippen molar-refractivity contribution < 1.29 is 0 Å². The van der Waals surface area contributed by atoms with Crippen LogP contribution >= 0.6 is 15.9 Å². The van der Waals surface area contributed by atoms with Gasteiger partial charge in [-0.25, -0.2) is 4.98 Å². The van der Waals surface area contributed by atoms with Crippen molar-refractivity contribution in [2.24, 2.45) is 0 Å². The first-order chi connectivity index (χ1) is 10.7. The minimum absolute atomic E-state index is 0.0545. The average Bonchev–Trinajstić information content (AvgIpc) is 2.93. The van der Waals surface area contributed by atoms with Gasteiger partial charge in [-0.3, -0.25) is 9.36 Å². The van der Waals surface area contributed by atoms with Gasteiger partial charge >= 0.3 is 0 Å². The molecule has 0 atom stereocenters. The highest BCUT2D eigenvalue weighted by Crippen LogP contribution is 2.22. The van der Waals surface area contributed by atoms with Crippen molar-refractivity contribution in [1.29, 1.82) is 0 Å². The lowest BCUT2D eigenvalue weighted by Crippen LogP contribution is -2.22. The van der Waals surface area contributed by atoms with E-state index in [-0.39, 0.29) is 5.56 Å². The predicted molar refractivity (Wildman–Crippen MR) is 91.2 cm³/mol. The first kappa shape index (κ1) is 13.5. The van der Waals surface area contributed by atoms with Crippen molar-refractivity contribution in [3.05, 3.63) is 68.9 Å². The van der Waals surface area contributed by atoms with Crippen molar-refractivity contribution in [3.63, 3.8) is 0 Å². The monoisotopic (exact) mass is 355 g/mol. The molecule has 3 aromatic rings. The zero-order valence-electron chi connectivity index (χ0n) is 11.9. The standard InChI is InChI=1S/C17H14BrN3O/c18-13-7-5-12(6-8-13)11-20-9-10-21-16(22)14-3-1-2-4-15(14)19-17(20)21/h1-8H,9-11H2. The Balaban J connectivity index is 1.75. The van der Waals surface area contributed by atoms with Crippen LogP contribution in [0.5, 0.6) is 0 Å². The van der Waals surface area contributed by atoms with Crippen molar-refractivity contribution in [3.8, 4) is 0 Å². The van der Waals surface area contributed by atoms with Gasteiger partial charge in [0.25, 0.3) is 5.56 Å². The lowest BCUT2D eigenvalue weighted by atomic mass is 10.2. The number of hydrogen-bond acceptors (Lipinski definition) is 3. The molecule has 0 aliphatic carbocycles. The van der Waals surface area contributed by atoms with E-state index in [0.717, 1.165) is 29.0 Å². The van der Waals surface area contributed by atoms with Crippen LogP contribution in [0.15, 0.2) is 57.8 Å². The quantitative estimate of drug-likeness (QED) is 0.708. The van der Waals surface area contributed by atoms with Crippen LogP contribution in [0.3, 0.4) is 0 Å². The zero-order valence-corrected chi connectivity index (χ0v) is 13.5. The van der Waals surface area contributed by atoms with Gasteiger partial charge in [0.15, 0.2) is 0 Å². The minimum atomic E-state index is 0.0545. The number of hydrogen-bond donors (Lipinski definition) is 0. The summed E-state index contributed by atoms with van der Waals surface area (Å²) in [6.07, 6.45) is 0. The highest BCUT2D eigenvalue weighted by molar-refractivity contribution is 9.10. The van der Waals surface area contributed by atoms with Crippen LogP contribution in [0.4, 0.5) is 5.95 Å². The van der Waals surface area contributed by atoms with Crippen molar-refractivity contribution in [2.45, 2.75) is 13.1 Å². The molecule has 0 bridgehead atoms. The molecule has 22 heavy (non-hydrogen) atoms. The van der Waals surface area contributed by atoms with E-state index >= 15 is 0 Å². The summed E-state index contributed by atoms with van der Waals surface area (Å²) in [5.41, 5.74) is 2.03. The van der Waals surface area contributed by atoms with Crippen LogP contribution in [0.1, 0.15) is 5.56 Å². The number of rotatable bonds is 2. The Labute approximate surface area is 136 Å². The van der Waals surface area contributed by atoms with Gasteiger partial charge in [0.2, 0.25) is 5.95 Å². The molecule has 1 aliphatic heterocycles. The Morgan fingerprint density at radius 1 is 1.05 bits per heavy atom. The van der Waals surface area contributed by atoms with Gasteiger partial charge in [0, 0.05) is 24.1 Å². The van der Waals surface area contributed by atoms with Gasteiger partial charge in [-0.15, -0.1) is 0 Å². The number of nitrogens with zero attached hydrogens (tertiary/aromatic N) is 3. The number of para-hydroxylation sites is 1. The van der Waals surface area contributed by atoms with Crippen LogP contribution in [0.25, 0.3) is 10.9 Å². The SMILES string of the molecule is O=c1c2ccccc2nc2n1CCN2Cc1ccc(Br)cc1. The van der Waals surface area contributed by atoms with E-state index in [4.69, 9.17) is 4.98 Å². The van der Waals surface area contributed by atoms with Crippen LogP contribution < -0.4 is 10.5 Å². The molecule has 2 aromatic carbocycles. The maximum absolute atomic E-state index is 12.6. The maximum atomic E-state index is 12.6. The summed E-state index contributed by atoms with van der Waals surface area (Å²) in [5.74, 6) is 0.770. The molecule has 0 amide bonds. The van der Waals surface area contributed by atoms with Gasteiger partial charge in [0.05, 0.1) is 10.9 Å². The number of benzene rings is 2. The smallest absolute Gasteiger partial charge is 0.262 e. The molecule has 0 unspecified atom stereocenters. The lowest BCUT2D eigenvalue weighted by Gasteiger charge is -2.17. The summed E-state index contributed by atoms with van der Waals surface area (Å²) in [4.78, 5) is 19.4. The Bertz CT molecular complexity index is 902. The normalized spacial score (nSPS) is 13.6. The van der Waals surface area contributed by atoms with Gasteiger partial charge in [-0.05, 0) is 29.8 Å². The Kier molecular flexibility index (Phi) is 3.22. The van der Waals surface area contributed by atoms with Crippen LogP contribution in [0.2, 0.25) is 0 Å². The third kappa shape index (κ3) is 2.22. The highest BCUT2D eigenvalue weighted by Gasteiger charge is 2.23. The van der Waals surface area contributed by atoms with E-state index < -0.39 is 0 Å². The Morgan fingerprint density at radius 3 is 2.64 bits per heavy atom. The topological polar surface area (TPSA) is 38.1 Å². The maximum Gasteiger partial charge on any atom is 0.262 e. The Hall–Kier alpha value is -2.14. The molecule has 110 valence electrons. The molecule has 0 fully saturated rings. The first-order valence-electron chi connectivity index (χ1n) is 7.21. The Morgan fingerprint density at radius 2 is 1.82 bits per heavy atom. The highest BCUT2D eigenvalue weighted by atomic mass is 79.9. The molecule has 1 aromatic heterocycles. The summed E-state index contributed by atoms with van der Waals surface area (Å²) in [5, 5.41) is 0.691. The summed E-state index contributed by atoms with van der Waals surface area (Å²) in [7, 11) is 0. The minimum Gasteiger partial charge on any atom is -0.336 e. The van der Waals surface area contributed by atoms with Crippen LogP contribution in [-0.2, 0) is 13.1 Å². The van der Waals surface area contributed by atoms with E-state index in [1.165, 1.54) is 5.56 Å². The largest absolute Gasteiger partial charge is 0.336 e. The molecule has 0 N–H and O–H groups in total. The third-order valence-corrected chi connectivity index (χ3v) is 4.53. The molecule has 2 heterocycles. The van der Waals surface area contributed by atoms with E-state index in [2.05, 4.69) is 33.0 Å². The number of anilines is 1. The fourth-order valence-electron chi connectivity index (χ4n) is 2.88. The molecule has 0 radical (unpaired) electrons. The molecule has 4 rings (SSSR count). The van der Waals surface area contributed by atoms with Crippen molar-refractivity contribution in [1.82, 2.24) is 9.55 Å². The summed E-state index contributed by atoms with van der Waals surface area (Å²) < 4.78 is 2.85. The number of fused-ring (bicyclic) bond motifs is 2. The second-order valence-corrected chi connectivity index (χ2v) is 6.35. The second-order valence-electron chi connectivity index (χ2n) is 5.43. The van der Waals surface area contributed by atoms with Gasteiger partial charge < -0.3 is 4.90 Å². The first-order valence-corrected chi connectivity index (χ1v) is 8.01. The van der Waals surface area contributed by atoms with Gasteiger partial charge in [-0.2, -0.15) is 0 Å². The summed E-state index contributed by atoms with van der Waals surface area (Å²) in [6, 6.07) is 15.8. The van der Waals surface area contributed by atoms with E-state index in [0.29, 0.717) is 11.9 Å². The summed E-state index contributed by atoms with van der Waals surface area (Å²) >= 11 is 3.45. The summed E-state index contributed by atoms with van der Waals surface area (Å²) in [6.45, 7) is 2.27. The molecule has 0 spiro atoms. The molecule has 0 saturated carbocycles. The third-order valence-electron chi connectivity index (χ3n) is 4.00. The van der Waals surface area contributed by atoms with E-state index in [9.17, 15) is 4.79 Å². The number of halogens is 1. The molecular formula is C17H14BrN3O. The fraction of sp³-hybridized carbons (Fsp3) is 0.176. The average molecular weight is 356 g/mol. The second kappa shape index (κ2) is 5.25. The van der Waals surface area contributed by atoms with Gasteiger partial charge in [-0.1, -0.05) is 40.2 Å². The van der Waals surface area contributed by atoms with Crippen molar-refractivity contribution in [2.75, 3.05) is 11.4 Å². The van der Waals surface area contributed by atoms with E-state index in [1.54, 1.807) is 4.57 Å². The molecule has 0 saturated heterocycles. The fourth-order valence-corrected chi connectivity index (χ4v) is 3.14. The number of aromatic nitrogens is 2. The molecule has 1 aliphatic rings. The zero-order chi connectivity index (χ0) is 15.1. The van der Waals surface area contributed by atoms with Crippen LogP contribution in [-0.4, -0.2) is 16.1 Å².